The molecule has 0 unspecified atom stereocenters. The number of aromatic nitrogens is 1. The number of hydrogen-bond acceptors (Lipinski definition) is 6. The van der Waals surface area contributed by atoms with Gasteiger partial charge < -0.3 is 20.7 Å². The number of nitrogens with zero attached hydrogens (tertiary/aromatic N) is 3. The number of amides is 1. The van der Waals surface area contributed by atoms with Crippen molar-refractivity contribution in [3.63, 3.8) is 0 Å². The highest BCUT2D eigenvalue weighted by atomic mass is 16.5. The van der Waals surface area contributed by atoms with E-state index in [1.165, 1.54) is 0 Å². The normalized spacial score (nSPS) is 19.4. The number of primary amides is 1. The highest BCUT2D eigenvalue weighted by molar-refractivity contribution is 5.97. The van der Waals surface area contributed by atoms with Crippen LogP contribution in [-0.2, 0) is 9.53 Å². The van der Waals surface area contributed by atoms with Crippen LogP contribution in [0.15, 0.2) is 42.3 Å². The molecule has 2 aliphatic rings. The quantitative estimate of drug-likeness (QED) is 0.591. The molecular weight excluding hydrogens is 318 g/mol. The molecule has 0 aromatic carbocycles. The Labute approximate surface area is 148 Å². The number of nitrogens with two attached hydrogens (primary N) is 1. The number of piperazine rings is 1. The second-order valence-corrected chi connectivity index (χ2v) is 6.29. The molecule has 0 atom stereocenters. The molecule has 0 bridgehead atoms. The van der Waals surface area contributed by atoms with E-state index in [0.717, 1.165) is 45.1 Å². The van der Waals surface area contributed by atoms with Crippen LogP contribution in [0.25, 0.3) is 0 Å². The van der Waals surface area contributed by atoms with Crippen molar-refractivity contribution in [2.24, 2.45) is 5.73 Å². The number of rotatable bonds is 6. The molecule has 0 radical (unpaired) electrons. The fourth-order valence-corrected chi connectivity index (χ4v) is 3.11. The zero-order valence-electron chi connectivity index (χ0n) is 14.6. The Morgan fingerprint density at radius 3 is 2.56 bits per heavy atom. The monoisotopic (exact) mass is 343 g/mol. The summed E-state index contributed by atoms with van der Waals surface area (Å²) in [7, 11) is 0. The maximum atomic E-state index is 11.3. The minimum absolute atomic E-state index is 0.363. The van der Waals surface area contributed by atoms with Gasteiger partial charge in [0.25, 0.3) is 0 Å². The lowest BCUT2D eigenvalue weighted by Crippen LogP contribution is -2.56. The predicted octanol–water partition coefficient (Wildman–Crippen LogP) is 0.960. The molecule has 3 N–H and O–H groups in total. The number of anilines is 2. The van der Waals surface area contributed by atoms with E-state index in [1.54, 1.807) is 13.0 Å². The van der Waals surface area contributed by atoms with Crippen LogP contribution in [0.4, 0.5) is 11.5 Å². The van der Waals surface area contributed by atoms with E-state index < -0.39 is 5.91 Å². The first-order valence-corrected chi connectivity index (χ1v) is 8.53. The van der Waals surface area contributed by atoms with Gasteiger partial charge in [-0.15, -0.1) is 0 Å². The van der Waals surface area contributed by atoms with Gasteiger partial charge in [0, 0.05) is 31.9 Å². The number of ether oxygens (including phenoxy) is 1. The average Bonchev–Trinajstić information content (AvgIpc) is 2.55. The van der Waals surface area contributed by atoms with Crippen LogP contribution in [0.1, 0.15) is 6.92 Å². The van der Waals surface area contributed by atoms with Gasteiger partial charge >= 0.3 is 0 Å². The van der Waals surface area contributed by atoms with Crippen LogP contribution in [0.3, 0.4) is 0 Å². The van der Waals surface area contributed by atoms with Crippen molar-refractivity contribution in [2.45, 2.75) is 13.0 Å². The molecule has 1 amide bonds. The SMILES string of the molecule is C=C(Nc1ccc(N2CCN(C3COC3)CC2)cn1)/C(=C\C)C(N)=O. The number of hydrogen-bond donors (Lipinski definition) is 2. The number of pyridine rings is 1. The molecule has 7 heteroatoms. The minimum Gasteiger partial charge on any atom is -0.378 e. The third-order valence-corrected chi connectivity index (χ3v) is 4.72. The van der Waals surface area contributed by atoms with Crippen LogP contribution < -0.4 is 16.0 Å². The van der Waals surface area contributed by atoms with Crippen LogP contribution in [0, 0.1) is 0 Å². The topological polar surface area (TPSA) is 83.7 Å². The molecule has 1 aromatic heterocycles. The molecule has 7 nitrogen and oxygen atoms in total. The van der Waals surface area contributed by atoms with Crippen molar-refractivity contribution in [1.29, 1.82) is 0 Å². The second kappa shape index (κ2) is 7.67. The lowest BCUT2D eigenvalue weighted by Gasteiger charge is -2.43. The Morgan fingerprint density at radius 1 is 1.36 bits per heavy atom. The van der Waals surface area contributed by atoms with Gasteiger partial charge in [-0.1, -0.05) is 12.7 Å². The van der Waals surface area contributed by atoms with Crippen molar-refractivity contribution < 1.29 is 9.53 Å². The molecule has 0 aliphatic carbocycles. The summed E-state index contributed by atoms with van der Waals surface area (Å²) in [6.07, 6.45) is 3.48. The third kappa shape index (κ3) is 4.00. The first kappa shape index (κ1) is 17.4. The van der Waals surface area contributed by atoms with Crippen LogP contribution in [0.5, 0.6) is 0 Å². The average molecular weight is 343 g/mol. The molecule has 0 spiro atoms. The molecule has 0 saturated carbocycles. The molecule has 134 valence electrons. The van der Waals surface area contributed by atoms with Crippen molar-refractivity contribution in [3.05, 3.63) is 42.3 Å². The molecule has 1 aromatic rings. The van der Waals surface area contributed by atoms with Gasteiger partial charge in [-0.25, -0.2) is 4.98 Å². The van der Waals surface area contributed by atoms with E-state index in [1.807, 2.05) is 18.3 Å². The third-order valence-electron chi connectivity index (χ3n) is 4.72. The summed E-state index contributed by atoms with van der Waals surface area (Å²) < 4.78 is 5.27. The van der Waals surface area contributed by atoms with Gasteiger partial charge in [-0.3, -0.25) is 9.69 Å². The molecule has 3 rings (SSSR count). The standard InChI is InChI=1S/C18H25N5O2/c1-3-16(18(19)24)13(2)21-17-5-4-14(10-20-17)22-6-8-23(9-7-22)15-11-25-12-15/h3-5,10,15H,2,6-9,11-12H2,1H3,(H2,19,24)(H,20,21)/b16-3+. The zero-order valence-corrected chi connectivity index (χ0v) is 14.6. The zero-order chi connectivity index (χ0) is 17.8. The molecule has 2 saturated heterocycles. The van der Waals surface area contributed by atoms with Gasteiger partial charge in [0.15, 0.2) is 0 Å². The Hall–Kier alpha value is -2.38. The number of nitrogens with one attached hydrogen (secondary N) is 1. The van der Waals surface area contributed by atoms with E-state index in [0.29, 0.717) is 23.1 Å². The summed E-state index contributed by atoms with van der Waals surface area (Å²) in [5.74, 6) is 0.131. The largest absolute Gasteiger partial charge is 0.378 e. The first-order valence-electron chi connectivity index (χ1n) is 8.53. The Morgan fingerprint density at radius 2 is 2.08 bits per heavy atom. The summed E-state index contributed by atoms with van der Waals surface area (Å²) in [6, 6.07) is 4.52. The van der Waals surface area contributed by atoms with Crippen molar-refractivity contribution in [2.75, 3.05) is 49.6 Å². The molecular formula is C18H25N5O2. The molecule has 2 fully saturated rings. The fraction of sp³-hybridized carbons (Fsp3) is 0.444. The van der Waals surface area contributed by atoms with E-state index in [9.17, 15) is 4.79 Å². The molecule has 25 heavy (non-hydrogen) atoms. The van der Waals surface area contributed by atoms with E-state index in [2.05, 4.69) is 26.7 Å². The van der Waals surface area contributed by atoms with Gasteiger partial charge in [0.05, 0.1) is 36.7 Å². The fourth-order valence-electron chi connectivity index (χ4n) is 3.11. The highest BCUT2D eigenvalue weighted by Crippen LogP contribution is 2.20. The Balaban J connectivity index is 1.55. The van der Waals surface area contributed by atoms with E-state index >= 15 is 0 Å². The number of allylic oxidation sites excluding steroid dienone is 1. The van der Waals surface area contributed by atoms with Gasteiger partial charge in [-0.2, -0.15) is 0 Å². The maximum Gasteiger partial charge on any atom is 0.250 e. The minimum atomic E-state index is -0.508. The summed E-state index contributed by atoms with van der Waals surface area (Å²) in [6.45, 7) is 11.4. The van der Waals surface area contributed by atoms with E-state index in [-0.39, 0.29) is 0 Å². The van der Waals surface area contributed by atoms with Gasteiger partial charge in [0.1, 0.15) is 5.82 Å². The Bertz CT molecular complexity index is 659. The maximum absolute atomic E-state index is 11.3. The van der Waals surface area contributed by atoms with Crippen LogP contribution in [0.2, 0.25) is 0 Å². The lowest BCUT2D eigenvalue weighted by molar-refractivity contribution is -0.114. The summed E-state index contributed by atoms with van der Waals surface area (Å²) in [5.41, 5.74) is 7.24. The molecule has 2 aliphatic heterocycles. The van der Waals surface area contributed by atoms with Gasteiger partial charge in [0.2, 0.25) is 5.91 Å². The Kier molecular flexibility index (Phi) is 5.35. The van der Waals surface area contributed by atoms with E-state index in [4.69, 9.17) is 10.5 Å². The second-order valence-electron chi connectivity index (χ2n) is 6.29. The lowest BCUT2D eigenvalue weighted by atomic mass is 10.1. The number of carbonyl (C=O) groups is 1. The summed E-state index contributed by atoms with van der Waals surface area (Å²) >= 11 is 0. The van der Waals surface area contributed by atoms with Crippen molar-refractivity contribution in [1.82, 2.24) is 9.88 Å². The molecule has 3 heterocycles. The summed E-state index contributed by atoms with van der Waals surface area (Å²) in [4.78, 5) is 20.6. The summed E-state index contributed by atoms with van der Waals surface area (Å²) in [5, 5.41) is 3.03. The number of carbonyl (C=O) groups excluding carboxylic acids is 1. The van der Waals surface area contributed by atoms with Crippen molar-refractivity contribution in [3.8, 4) is 0 Å². The van der Waals surface area contributed by atoms with Crippen LogP contribution in [-0.4, -0.2) is 61.2 Å². The van der Waals surface area contributed by atoms with Crippen molar-refractivity contribution >= 4 is 17.4 Å². The first-order chi connectivity index (χ1) is 12.1. The smallest absolute Gasteiger partial charge is 0.250 e. The van der Waals surface area contributed by atoms with Crippen LogP contribution >= 0.6 is 0 Å². The predicted molar refractivity (Wildman–Crippen MR) is 98.3 cm³/mol. The van der Waals surface area contributed by atoms with Gasteiger partial charge in [-0.05, 0) is 19.1 Å². The highest BCUT2D eigenvalue weighted by Gasteiger charge is 2.28.